The van der Waals surface area contributed by atoms with Gasteiger partial charge in [0, 0.05) is 33.5 Å². The fraction of sp³-hybridized carbons (Fsp3) is 0.312. The van der Waals surface area contributed by atoms with Gasteiger partial charge in [0.25, 0.3) is 0 Å². The molecule has 1 fully saturated rings. The fourth-order valence-corrected chi connectivity index (χ4v) is 4.25. The highest BCUT2D eigenvalue weighted by molar-refractivity contribution is 9.11. The minimum absolute atomic E-state index is 0.181. The first-order chi connectivity index (χ1) is 10.1. The molecule has 2 heterocycles. The van der Waals surface area contributed by atoms with Gasteiger partial charge in [0.1, 0.15) is 5.82 Å². The van der Waals surface area contributed by atoms with Crippen molar-refractivity contribution >= 4 is 31.9 Å². The normalized spacial score (nSPS) is 22.2. The maximum atomic E-state index is 13.5. The molecule has 1 aromatic heterocycles. The lowest BCUT2D eigenvalue weighted by molar-refractivity contribution is 0.396. The first-order valence-corrected chi connectivity index (χ1v) is 8.51. The summed E-state index contributed by atoms with van der Waals surface area (Å²) in [7, 11) is 0. The summed E-state index contributed by atoms with van der Waals surface area (Å²) >= 11 is 7.05. The van der Waals surface area contributed by atoms with Gasteiger partial charge in [0.15, 0.2) is 0 Å². The molecule has 110 valence electrons. The van der Waals surface area contributed by atoms with Crippen molar-refractivity contribution in [1.29, 1.82) is 0 Å². The summed E-state index contributed by atoms with van der Waals surface area (Å²) in [5.74, 6) is 0.342. The molecule has 0 radical (unpaired) electrons. The molecule has 21 heavy (non-hydrogen) atoms. The molecule has 5 heteroatoms. The van der Waals surface area contributed by atoms with Crippen LogP contribution >= 0.6 is 31.9 Å². The molecule has 0 spiro atoms. The van der Waals surface area contributed by atoms with Crippen LogP contribution in [0.25, 0.3) is 0 Å². The summed E-state index contributed by atoms with van der Waals surface area (Å²) in [5, 5.41) is 3.41. The van der Waals surface area contributed by atoms with E-state index < -0.39 is 0 Å². The Balaban J connectivity index is 1.98. The summed E-state index contributed by atoms with van der Waals surface area (Å²) in [4.78, 5) is 4.58. The van der Waals surface area contributed by atoms with Gasteiger partial charge >= 0.3 is 0 Å². The molecule has 3 rings (SSSR count). The molecule has 2 nitrogen and oxygen atoms in total. The van der Waals surface area contributed by atoms with Crippen LogP contribution in [0.4, 0.5) is 4.39 Å². The molecule has 1 saturated heterocycles. The summed E-state index contributed by atoms with van der Waals surface area (Å²) in [6, 6.07) is 8.92. The van der Waals surface area contributed by atoms with E-state index in [0.717, 1.165) is 39.7 Å². The second-order valence-electron chi connectivity index (χ2n) is 5.28. The molecule has 0 bridgehead atoms. The first kappa shape index (κ1) is 15.1. The highest BCUT2D eigenvalue weighted by Crippen LogP contribution is 2.39. The molecule has 2 unspecified atom stereocenters. The molecule has 1 aliphatic rings. The Kier molecular flexibility index (Phi) is 4.72. The van der Waals surface area contributed by atoms with E-state index in [1.807, 2.05) is 18.3 Å². The highest BCUT2D eigenvalue weighted by atomic mass is 79.9. The van der Waals surface area contributed by atoms with E-state index in [1.165, 1.54) is 6.07 Å². The summed E-state index contributed by atoms with van der Waals surface area (Å²) in [5.41, 5.74) is 2.08. The van der Waals surface area contributed by atoms with Crippen molar-refractivity contribution in [2.45, 2.75) is 18.3 Å². The van der Waals surface area contributed by atoms with Crippen LogP contribution in [0.15, 0.2) is 45.5 Å². The Hall–Kier alpha value is -0.780. The number of nitrogens with zero attached hydrogens (tertiary/aromatic N) is 1. The second-order valence-corrected chi connectivity index (χ2v) is 7.05. The van der Waals surface area contributed by atoms with Crippen LogP contribution in [-0.2, 0) is 0 Å². The van der Waals surface area contributed by atoms with E-state index >= 15 is 0 Å². The van der Waals surface area contributed by atoms with Crippen molar-refractivity contribution in [2.75, 3.05) is 13.1 Å². The second kappa shape index (κ2) is 6.55. The lowest BCUT2D eigenvalue weighted by atomic mass is 9.79. The Bertz CT molecular complexity index is 648. The molecule has 1 aliphatic heterocycles. The van der Waals surface area contributed by atoms with Crippen molar-refractivity contribution in [3.8, 4) is 0 Å². The third-order valence-electron chi connectivity index (χ3n) is 3.95. The van der Waals surface area contributed by atoms with Crippen LogP contribution in [0.3, 0.4) is 0 Å². The lowest BCUT2D eigenvalue weighted by Gasteiger charge is -2.32. The van der Waals surface area contributed by atoms with Gasteiger partial charge in [-0.25, -0.2) is 4.39 Å². The molecule has 0 amide bonds. The topological polar surface area (TPSA) is 24.9 Å². The predicted molar refractivity (Wildman–Crippen MR) is 89.0 cm³/mol. The standard InChI is InChI=1S/C16H15Br2FN2/c17-11-7-15(18)16(21-8-11)13-4-5-20-9-14(13)10-2-1-3-12(19)6-10/h1-3,6-8,13-14,20H,4-5,9H2. The molecule has 2 atom stereocenters. The number of hydrogen-bond donors (Lipinski definition) is 1. The average molecular weight is 414 g/mol. The van der Waals surface area contributed by atoms with E-state index in [1.54, 1.807) is 12.1 Å². The van der Waals surface area contributed by atoms with Gasteiger partial charge in [-0.1, -0.05) is 12.1 Å². The van der Waals surface area contributed by atoms with Crippen molar-refractivity contribution in [2.24, 2.45) is 0 Å². The Morgan fingerprint density at radius 2 is 2.05 bits per heavy atom. The SMILES string of the molecule is Fc1cccc(C2CNCCC2c2ncc(Br)cc2Br)c1. The summed E-state index contributed by atoms with van der Waals surface area (Å²) in [6.45, 7) is 1.80. The van der Waals surface area contributed by atoms with Crippen LogP contribution in [0.2, 0.25) is 0 Å². The molecule has 1 N–H and O–H groups in total. The largest absolute Gasteiger partial charge is 0.316 e. The van der Waals surface area contributed by atoms with Crippen LogP contribution in [0.5, 0.6) is 0 Å². The molecular weight excluding hydrogens is 399 g/mol. The van der Waals surface area contributed by atoms with Crippen LogP contribution < -0.4 is 5.32 Å². The van der Waals surface area contributed by atoms with Crippen molar-refractivity contribution in [3.05, 3.63) is 62.5 Å². The number of benzene rings is 1. The maximum Gasteiger partial charge on any atom is 0.123 e. The van der Waals surface area contributed by atoms with Crippen LogP contribution in [-0.4, -0.2) is 18.1 Å². The number of halogens is 3. The third-order valence-corrected chi connectivity index (χ3v) is 5.02. The molecule has 0 saturated carbocycles. The predicted octanol–water partition coefficient (Wildman–Crippen LogP) is 4.61. The molecule has 2 aromatic rings. The van der Waals surface area contributed by atoms with E-state index in [9.17, 15) is 4.39 Å². The minimum atomic E-state index is -0.181. The molecule has 1 aromatic carbocycles. The number of rotatable bonds is 2. The van der Waals surface area contributed by atoms with Crippen molar-refractivity contribution in [1.82, 2.24) is 10.3 Å². The smallest absolute Gasteiger partial charge is 0.123 e. The van der Waals surface area contributed by atoms with Gasteiger partial charge in [-0.3, -0.25) is 4.98 Å². The van der Waals surface area contributed by atoms with Gasteiger partial charge < -0.3 is 5.32 Å². The van der Waals surface area contributed by atoms with E-state index in [0.29, 0.717) is 0 Å². The lowest BCUT2D eigenvalue weighted by Crippen LogP contribution is -2.34. The summed E-state index contributed by atoms with van der Waals surface area (Å²) < 4.78 is 15.5. The van der Waals surface area contributed by atoms with Crippen LogP contribution in [0, 0.1) is 5.82 Å². The Labute approximate surface area is 140 Å². The zero-order chi connectivity index (χ0) is 14.8. The third kappa shape index (κ3) is 3.35. The van der Waals surface area contributed by atoms with E-state index in [-0.39, 0.29) is 17.7 Å². The first-order valence-electron chi connectivity index (χ1n) is 6.92. The average Bonchev–Trinajstić information content (AvgIpc) is 2.47. The number of pyridine rings is 1. The summed E-state index contributed by atoms with van der Waals surface area (Å²) in [6.07, 6.45) is 2.82. The zero-order valence-corrected chi connectivity index (χ0v) is 14.5. The van der Waals surface area contributed by atoms with E-state index in [2.05, 4.69) is 42.2 Å². The fourth-order valence-electron chi connectivity index (χ4n) is 2.97. The highest BCUT2D eigenvalue weighted by Gasteiger charge is 2.30. The molecule has 0 aliphatic carbocycles. The van der Waals surface area contributed by atoms with Crippen LogP contribution in [0.1, 0.15) is 29.5 Å². The van der Waals surface area contributed by atoms with Gasteiger partial charge in [-0.05, 0) is 68.6 Å². The Morgan fingerprint density at radius 3 is 2.81 bits per heavy atom. The van der Waals surface area contributed by atoms with Gasteiger partial charge in [-0.15, -0.1) is 0 Å². The van der Waals surface area contributed by atoms with Gasteiger partial charge in [0.05, 0.1) is 5.69 Å². The number of piperidine rings is 1. The zero-order valence-electron chi connectivity index (χ0n) is 11.3. The van der Waals surface area contributed by atoms with Crippen molar-refractivity contribution in [3.63, 3.8) is 0 Å². The van der Waals surface area contributed by atoms with E-state index in [4.69, 9.17) is 0 Å². The quantitative estimate of drug-likeness (QED) is 0.777. The number of nitrogens with one attached hydrogen (secondary N) is 1. The number of hydrogen-bond acceptors (Lipinski definition) is 2. The maximum absolute atomic E-state index is 13.5. The van der Waals surface area contributed by atoms with Crippen molar-refractivity contribution < 1.29 is 4.39 Å². The minimum Gasteiger partial charge on any atom is -0.316 e. The monoisotopic (exact) mass is 412 g/mol. The number of aromatic nitrogens is 1. The Morgan fingerprint density at radius 1 is 1.19 bits per heavy atom. The molecular formula is C16H15Br2FN2. The van der Waals surface area contributed by atoms with Gasteiger partial charge in [0.2, 0.25) is 0 Å². The van der Waals surface area contributed by atoms with Gasteiger partial charge in [-0.2, -0.15) is 0 Å².